The monoisotopic (exact) mass is 446 g/mol. The molecule has 0 spiro atoms. The fourth-order valence-electron chi connectivity index (χ4n) is 3.12. The normalized spacial score (nSPS) is 11.7. The molecule has 0 aliphatic carbocycles. The molecule has 0 N–H and O–H groups in total. The second-order valence-corrected chi connectivity index (χ2v) is 9.39. The molecule has 0 aliphatic rings. The molecule has 0 bridgehead atoms. The van der Waals surface area contributed by atoms with E-state index in [9.17, 15) is 8.42 Å². The van der Waals surface area contributed by atoms with E-state index in [-0.39, 0.29) is 4.90 Å². The van der Waals surface area contributed by atoms with E-state index < -0.39 is 9.84 Å². The summed E-state index contributed by atoms with van der Waals surface area (Å²) in [6.07, 6.45) is 1.16. The Balaban J connectivity index is 1.79. The number of benzene rings is 3. The summed E-state index contributed by atoms with van der Waals surface area (Å²) in [6, 6.07) is 17.1. The Kier molecular flexibility index (Phi) is 5.02. The lowest BCUT2D eigenvalue weighted by Gasteiger charge is -2.13. The maximum absolute atomic E-state index is 11.8. The highest BCUT2D eigenvalue weighted by Gasteiger charge is 2.15. The average Bonchev–Trinajstić information content (AvgIpc) is 3.00. The molecule has 3 aromatic carbocycles. The van der Waals surface area contributed by atoms with Crippen molar-refractivity contribution >= 4 is 44.1 Å². The number of hydrogen-bond acceptors (Lipinski definition) is 4. The molecule has 0 saturated heterocycles. The Morgan fingerprint density at radius 2 is 1.66 bits per heavy atom. The second kappa shape index (κ2) is 7.37. The van der Waals surface area contributed by atoms with Gasteiger partial charge in [0.05, 0.1) is 26.1 Å². The lowest BCUT2D eigenvalue weighted by atomic mass is 10.2. The predicted molar refractivity (Wildman–Crippen MR) is 115 cm³/mol. The van der Waals surface area contributed by atoms with Crippen molar-refractivity contribution < 1.29 is 13.2 Å². The molecule has 0 fully saturated rings. The molecule has 0 amide bonds. The van der Waals surface area contributed by atoms with Crippen LogP contribution in [0.15, 0.2) is 65.6 Å². The van der Waals surface area contributed by atoms with E-state index in [1.807, 2.05) is 23.6 Å². The summed E-state index contributed by atoms with van der Waals surface area (Å²) in [5, 5.41) is 1.08. The fraction of sp³-hybridized carbons (Fsp3) is 0.0952. The standard InChI is InChI=1S/C21H16Cl2N2O3S/c1-13-24-21-18(23)7-4-8-19(21)25(13)20-12-15(9-10-17(20)22)28-14-5-3-6-16(11-14)29(2,26)27/h3-12H,1-2H3. The molecule has 4 aromatic rings. The van der Waals surface area contributed by atoms with Gasteiger partial charge < -0.3 is 4.74 Å². The van der Waals surface area contributed by atoms with E-state index in [0.717, 1.165) is 17.6 Å². The molecule has 5 nitrogen and oxygen atoms in total. The SMILES string of the molecule is Cc1nc2c(Cl)cccc2n1-c1cc(Oc2cccc(S(C)(=O)=O)c2)ccc1Cl. The first-order valence-electron chi connectivity index (χ1n) is 8.65. The zero-order valence-corrected chi connectivity index (χ0v) is 17.9. The number of ether oxygens (including phenoxy) is 1. The molecule has 1 heterocycles. The molecule has 0 saturated carbocycles. The number of imidazole rings is 1. The summed E-state index contributed by atoms with van der Waals surface area (Å²) in [6.45, 7) is 1.87. The molecular weight excluding hydrogens is 431 g/mol. The Bertz CT molecular complexity index is 1350. The number of halogens is 2. The van der Waals surface area contributed by atoms with Crippen LogP contribution in [0.3, 0.4) is 0 Å². The van der Waals surface area contributed by atoms with Gasteiger partial charge in [-0.25, -0.2) is 13.4 Å². The summed E-state index contributed by atoms with van der Waals surface area (Å²) < 4.78 is 31.4. The van der Waals surface area contributed by atoms with Gasteiger partial charge in [0.15, 0.2) is 9.84 Å². The Labute approximate surface area is 178 Å². The van der Waals surface area contributed by atoms with Crippen LogP contribution in [0.5, 0.6) is 11.5 Å². The highest BCUT2D eigenvalue weighted by Crippen LogP contribution is 2.33. The van der Waals surface area contributed by atoms with Crippen LogP contribution in [0.2, 0.25) is 10.0 Å². The molecule has 4 rings (SSSR count). The van der Waals surface area contributed by atoms with Crippen molar-refractivity contribution in [2.45, 2.75) is 11.8 Å². The van der Waals surface area contributed by atoms with E-state index in [2.05, 4.69) is 4.98 Å². The van der Waals surface area contributed by atoms with Crippen molar-refractivity contribution in [1.82, 2.24) is 9.55 Å². The number of fused-ring (bicyclic) bond motifs is 1. The van der Waals surface area contributed by atoms with Crippen LogP contribution in [0, 0.1) is 6.92 Å². The van der Waals surface area contributed by atoms with Crippen LogP contribution in [0.25, 0.3) is 16.7 Å². The van der Waals surface area contributed by atoms with Gasteiger partial charge in [-0.1, -0.05) is 35.3 Å². The second-order valence-electron chi connectivity index (χ2n) is 6.56. The van der Waals surface area contributed by atoms with Crippen molar-refractivity contribution in [3.63, 3.8) is 0 Å². The quantitative estimate of drug-likeness (QED) is 0.395. The molecule has 0 aliphatic heterocycles. The molecule has 0 radical (unpaired) electrons. The van der Waals surface area contributed by atoms with Gasteiger partial charge in [-0.2, -0.15) is 0 Å². The third-order valence-corrected chi connectivity index (χ3v) is 6.17. The summed E-state index contributed by atoms with van der Waals surface area (Å²) in [7, 11) is -3.33. The van der Waals surface area contributed by atoms with Crippen molar-refractivity contribution in [1.29, 1.82) is 0 Å². The van der Waals surface area contributed by atoms with Gasteiger partial charge in [0.25, 0.3) is 0 Å². The molecule has 29 heavy (non-hydrogen) atoms. The zero-order valence-electron chi connectivity index (χ0n) is 15.6. The molecule has 1 aromatic heterocycles. The molecule has 148 valence electrons. The van der Waals surface area contributed by atoms with Crippen LogP contribution in [0.4, 0.5) is 0 Å². The summed E-state index contributed by atoms with van der Waals surface area (Å²) in [4.78, 5) is 4.74. The first kappa shape index (κ1) is 19.8. The molecule has 0 unspecified atom stereocenters. The van der Waals surface area contributed by atoms with Gasteiger partial charge >= 0.3 is 0 Å². The van der Waals surface area contributed by atoms with E-state index >= 15 is 0 Å². The van der Waals surface area contributed by atoms with Crippen molar-refractivity contribution in [3.05, 3.63) is 76.5 Å². The van der Waals surface area contributed by atoms with Crippen molar-refractivity contribution in [2.75, 3.05) is 6.26 Å². The van der Waals surface area contributed by atoms with Gasteiger partial charge in [-0.15, -0.1) is 0 Å². The highest BCUT2D eigenvalue weighted by atomic mass is 35.5. The maximum Gasteiger partial charge on any atom is 0.175 e. The smallest absolute Gasteiger partial charge is 0.175 e. The third-order valence-electron chi connectivity index (χ3n) is 4.43. The fourth-order valence-corrected chi connectivity index (χ4v) is 4.19. The van der Waals surface area contributed by atoms with Crippen LogP contribution in [-0.4, -0.2) is 24.2 Å². The molecular formula is C21H16Cl2N2O3S. The lowest BCUT2D eigenvalue weighted by Crippen LogP contribution is -1.99. The van der Waals surface area contributed by atoms with Crippen LogP contribution < -0.4 is 4.74 Å². The average molecular weight is 447 g/mol. The number of para-hydroxylation sites is 1. The minimum absolute atomic E-state index is 0.190. The predicted octanol–water partition coefficient (Wildman–Crippen LogP) is 5.84. The van der Waals surface area contributed by atoms with E-state index in [1.165, 1.54) is 12.1 Å². The summed E-state index contributed by atoms with van der Waals surface area (Å²) in [5.41, 5.74) is 2.20. The van der Waals surface area contributed by atoms with Gasteiger partial charge in [0.2, 0.25) is 0 Å². The van der Waals surface area contributed by atoms with Gasteiger partial charge in [0, 0.05) is 12.3 Å². The number of hydrogen-bond donors (Lipinski definition) is 0. The van der Waals surface area contributed by atoms with Gasteiger partial charge in [-0.05, 0) is 49.4 Å². The van der Waals surface area contributed by atoms with Crippen molar-refractivity contribution in [2.24, 2.45) is 0 Å². The molecule has 0 atom stereocenters. The Morgan fingerprint density at radius 1 is 0.931 bits per heavy atom. The van der Waals surface area contributed by atoms with Crippen LogP contribution >= 0.6 is 23.2 Å². The van der Waals surface area contributed by atoms with Crippen molar-refractivity contribution in [3.8, 4) is 17.2 Å². The minimum Gasteiger partial charge on any atom is -0.457 e. The minimum atomic E-state index is -3.33. The molecule has 8 heteroatoms. The Morgan fingerprint density at radius 3 is 2.41 bits per heavy atom. The number of rotatable bonds is 4. The maximum atomic E-state index is 11.8. The largest absolute Gasteiger partial charge is 0.457 e. The van der Waals surface area contributed by atoms with Crippen LogP contribution in [-0.2, 0) is 9.84 Å². The van der Waals surface area contributed by atoms with Gasteiger partial charge in [0.1, 0.15) is 22.8 Å². The first-order chi connectivity index (χ1) is 13.7. The van der Waals surface area contributed by atoms with E-state index in [0.29, 0.717) is 32.7 Å². The first-order valence-corrected chi connectivity index (χ1v) is 11.3. The number of sulfone groups is 1. The van der Waals surface area contributed by atoms with E-state index in [4.69, 9.17) is 27.9 Å². The lowest BCUT2D eigenvalue weighted by molar-refractivity contribution is 0.480. The third kappa shape index (κ3) is 3.83. The van der Waals surface area contributed by atoms with Gasteiger partial charge in [-0.3, -0.25) is 4.57 Å². The number of nitrogens with zero attached hydrogens (tertiary/aromatic N) is 2. The highest BCUT2D eigenvalue weighted by molar-refractivity contribution is 7.90. The topological polar surface area (TPSA) is 61.2 Å². The number of aryl methyl sites for hydroxylation is 1. The summed E-state index contributed by atoms with van der Waals surface area (Å²) >= 11 is 12.7. The van der Waals surface area contributed by atoms with E-state index in [1.54, 1.807) is 36.4 Å². The van der Waals surface area contributed by atoms with Crippen LogP contribution in [0.1, 0.15) is 5.82 Å². The zero-order chi connectivity index (χ0) is 20.8. The number of aromatic nitrogens is 2. The summed E-state index contributed by atoms with van der Waals surface area (Å²) in [5.74, 6) is 1.65. The Hall–Kier alpha value is -2.54.